The molecule has 4 heterocycles. The lowest BCUT2D eigenvalue weighted by molar-refractivity contribution is 0.0964. The summed E-state index contributed by atoms with van der Waals surface area (Å²) in [4.78, 5) is 24.7. The number of amides is 1. The van der Waals surface area contributed by atoms with Gasteiger partial charge in [0, 0.05) is 42.9 Å². The lowest BCUT2D eigenvalue weighted by atomic mass is 10.0. The largest absolute Gasteiger partial charge is 0.369 e. The summed E-state index contributed by atoms with van der Waals surface area (Å²) in [5, 5.41) is 3.70. The van der Waals surface area contributed by atoms with Gasteiger partial charge in [-0.15, -0.1) is 0 Å². The van der Waals surface area contributed by atoms with Crippen LogP contribution in [0.5, 0.6) is 0 Å². The number of hydrogen-bond acceptors (Lipinski definition) is 5. The molecule has 1 aliphatic heterocycles. The van der Waals surface area contributed by atoms with E-state index in [1.807, 2.05) is 41.7 Å². The second-order valence-corrected chi connectivity index (χ2v) is 7.77. The first-order valence-electron chi connectivity index (χ1n) is 10.0. The number of aromatic nitrogens is 3. The van der Waals surface area contributed by atoms with Gasteiger partial charge in [0.2, 0.25) is 0 Å². The summed E-state index contributed by atoms with van der Waals surface area (Å²) < 4.78 is 2.01. The number of hydrogen-bond donors (Lipinski definition) is 2. The van der Waals surface area contributed by atoms with Crippen LogP contribution < -0.4 is 16.0 Å². The van der Waals surface area contributed by atoms with Crippen molar-refractivity contribution in [3.8, 4) is 0 Å². The Kier molecular flexibility index (Phi) is 4.13. The third-order valence-corrected chi connectivity index (χ3v) is 5.72. The van der Waals surface area contributed by atoms with E-state index in [-0.39, 0.29) is 11.9 Å². The zero-order chi connectivity index (χ0) is 20.1. The van der Waals surface area contributed by atoms with Crippen molar-refractivity contribution >= 4 is 39.3 Å². The highest BCUT2D eigenvalue weighted by Gasteiger charge is 2.23. The molecule has 3 aromatic heterocycles. The fourth-order valence-corrected chi connectivity index (χ4v) is 4.38. The van der Waals surface area contributed by atoms with Crippen molar-refractivity contribution in [1.82, 2.24) is 19.7 Å². The van der Waals surface area contributed by atoms with Crippen LogP contribution in [0.3, 0.4) is 0 Å². The topological polar surface area (TPSA) is 88.5 Å². The van der Waals surface area contributed by atoms with Gasteiger partial charge in [0.25, 0.3) is 5.91 Å². The minimum absolute atomic E-state index is 0.156. The molecule has 0 spiro atoms. The fourth-order valence-electron chi connectivity index (χ4n) is 4.38. The number of pyridine rings is 2. The number of piperidine rings is 1. The fraction of sp³-hybridized carbons (Fsp3) is 0.318. The van der Waals surface area contributed by atoms with Gasteiger partial charge in [-0.05, 0) is 44.0 Å². The van der Waals surface area contributed by atoms with Crippen molar-refractivity contribution in [2.45, 2.75) is 25.8 Å². The number of para-hydroxylation sites is 2. The first kappa shape index (κ1) is 17.9. The first-order chi connectivity index (χ1) is 14.1. The molecule has 1 atom stereocenters. The molecular weight excluding hydrogens is 364 g/mol. The van der Waals surface area contributed by atoms with Crippen LogP contribution in [0.1, 0.15) is 28.9 Å². The summed E-state index contributed by atoms with van der Waals surface area (Å²) in [5.41, 5.74) is 12.0. The molecule has 0 saturated carbocycles. The highest BCUT2D eigenvalue weighted by molar-refractivity contribution is 6.07. The lowest BCUT2D eigenvalue weighted by Gasteiger charge is -2.33. The molecule has 148 valence electrons. The van der Waals surface area contributed by atoms with E-state index in [2.05, 4.69) is 16.3 Å². The van der Waals surface area contributed by atoms with Crippen molar-refractivity contribution < 1.29 is 4.79 Å². The monoisotopic (exact) mass is 388 g/mol. The Labute approximate surface area is 168 Å². The molecule has 1 aliphatic rings. The maximum atomic E-state index is 12.7. The Hall–Kier alpha value is -3.19. The number of aryl methyl sites for hydroxylation is 1. The Morgan fingerprint density at radius 1 is 1.21 bits per heavy atom. The molecule has 1 aromatic carbocycles. The van der Waals surface area contributed by atoms with E-state index in [9.17, 15) is 4.79 Å². The van der Waals surface area contributed by atoms with Crippen molar-refractivity contribution in [3.63, 3.8) is 0 Å². The van der Waals surface area contributed by atoms with E-state index >= 15 is 0 Å². The number of rotatable bonds is 2. The molecule has 3 N–H and O–H groups in total. The number of benzene rings is 1. The van der Waals surface area contributed by atoms with E-state index in [1.165, 1.54) is 0 Å². The summed E-state index contributed by atoms with van der Waals surface area (Å²) in [6, 6.07) is 12.1. The third-order valence-electron chi connectivity index (χ3n) is 5.72. The average molecular weight is 388 g/mol. The Bertz CT molecular complexity index is 1260. The molecule has 0 radical (unpaired) electrons. The van der Waals surface area contributed by atoms with Crippen LogP contribution in [0, 0.1) is 6.92 Å². The van der Waals surface area contributed by atoms with Crippen molar-refractivity contribution in [1.29, 1.82) is 0 Å². The van der Waals surface area contributed by atoms with E-state index in [0.717, 1.165) is 59.4 Å². The molecular formula is C22H24N6O. The lowest BCUT2D eigenvalue weighted by Crippen LogP contribution is -2.43. The molecule has 29 heavy (non-hydrogen) atoms. The second kappa shape index (κ2) is 6.70. The second-order valence-electron chi connectivity index (χ2n) is 7.77. The highest BCUT2D eigenvalue weighted by Crippen LogP contribution is 2.33. The standard InChI is InChI=1S/C22H24N6O/c1-13-10-19(27-9-5-6-14(23)12-27)15-11-16(22(29)24-2)21-26-17-7-3-4-8-18(17)28(21)20(15)25-13/h3-4,7-8,10-11,14H,5-6,9,12,23H2,1-2H3,(H,24,29)/t14-/m1/s1. The zero-order valence-electron chi connectivity index (χ0n) is 16.6. The summed E-state index contributed by atoms with van der Waals surface area (Å²) in [5.74, 6) is -0.158. The number of carbonyl (C=O) groups is 1. The van der Waals surface area contributed by atoms with Crippen molar-refractivity contribution in [3.05, 3.63) is 47.7 Å². The molecule has 4 aromatic rings. The molecule has 1 saturated heterocycles. The minimum atomic E-state index is -0.158. The predicted octanol–water partition coefficient (Wildman–Crippen LogP) is 2.63. The molecule has 7 nitrogen and oxygen atoms in total. The number of anilines is 1. The van der Waals surface area contributed by atoms with Gasteiger partial charge < -0.3 is 16.0 Å². The van der Waals surface area contributed by atoms with Crippen LogP contribution in [-0.4, -0.2) is 46.5 Å². The van der Waals surface area contributed by atoms with Gasteiger partial charge in [-0.25, -0.2) is 9.97 Å². The normalized spacial score (nSPS) is 17.3. The maximum Gasteiger partial charge on any atom is 0.254 e. The molecule has 7 heteroatoms. The van der Waals surface area contributed by atoms with Crippen LogP contribution in [0.2, 0.25) is 0 Å². The Balaban J connectivity index is 1.91. The van der Waals surface area contributed by atoms with Gasteiger partial charge in [0.05, 0.1) is 16.6 Å². The number of imidazole rings is 1. The van der Waals surface area contributed by atoms with Crippen LogP contribution in [-0.2, 0) is 0 Å². The summed E-state index contributed by atoms with van der Waals surface area (Å²) in [6.45, 7) is 3.76. The van der Waals surface area contributed by atoms with E-state index in [0.29, 0.717) is 11.2 Å². The Morgan fingerprint density at radius 2 is 2.03 bits per heavy atom. The quantitative estimate of drug-likeness (QED) is 0.551. The summed E-state index contributed by atoms with van der Waals surface area (Å²) in [7, 11) is 1.64. The zero-order valence-corrected chi connectivity index (χ0v) is 16.6. The van der Waals surface area contributed by atoms with Gasteiger partial charge in [0.15, 0.2) is 5.65 Å². The van der Waals surface area contributed by atoms with Crippen LogP contribution >= 0.6 is 0 Å². The smallest absolute Gasteiger partial charge is 0.254 e. The average Bonchev–Trinajstić information content (AvgIpc) is 3.12. The van der Waals surface area contributed by atoms with Gasteiger partial charge in [0.1, 0.15) is 5.65 Å². The third kappa shape index (κ3) is 2.81. The molecule has 0 aliphatic carbocycles. The molecule has 0 unspecified atom stereocenters. The number of carbonyl (C=O) groups excluding carboxylic acids is 1. The van der Waals surface area contributed by atoms with Crippen molar-refractivity contribution in [2.24, 2.45) is 5.73 Å². The summed E-state index contributed by atoms with van der Waals surface area (Å²) >= 11 is 0. The number of nitrogens with one attached hydrogen (secondary N) is 1. The van der Waals surface area contributed by atoms with Crippen LogP contribution in [0.4, 0.5) is 5.69 Å². The predicted molar refractivity (Wildman–Crippen MR) is 116 cm³/mol. The van der Waals surface area contributed by atoms with Gasteiger partial charge in [-0.1, -0.05) is 12.1 Å². The van der Waals surface area contributed by atoms with E-state index in [1.54, 1.807) is 7.05 Å². The van der Waals surface area contributed by atoms with E-state index in [4.69, 9.17) is 15.7 Å². The maximum absolute atomic E-state index is 12.7. The van der Waals surface area contributed by atoms with Gasteiger partial charge in [-0.2, -0.15) is 0 Å². The van der Waals surface area contributed by atoms with Crippen LogP contribution in [0.25, 0.3) is 27.7 Å². The Morgan fingerprint density at radius 3 is 2.83 bits per heavy atom. The molecule has 5 rings (SSSR count). The molecule has 1 amide bonds. The van der Waals surface area contributed by atoms with Gasteiger partial charge >= 0.3 is 0 Å². The molecule has 1 fully saturated rings. The summed E-state index contributed by atoms with van der Waals surface area (Å²) in [6.07, 6.45) is 2.10. The number of nitrogens with zero attached hydrogens (tertiary/aromatic N) is 4. The number of fused-ring (bicyclic) bond motifs is 5. The number of nitrogens with two attached hydrogens (primary N) is 1. The SMILES string of the molecule is CNC(=O)c1cc2c(N3CCC[C@@H](N)C3)cc(C)nc2n2c1nc1ccccc12. The molecule has 0 bridgehead atoms. The minimum Gasteiger partial charge on any atom is -0.369 e. The highest BCUT2D eigenvalue weighted by atomic mass is 16.1. The van der Waals surface area contributed by atoms with Gasteiger partial charge in [-0.3, -0.25) is 9.20 Å². The van der Waals surface area contributed by atoms with E-state index < -0.39 is 0 Å². The van der Waals surface area contributed by atoms with Crippen LogP contribution in [0.15, 0.2) is 36.4 Å². The first-order valence-corrected chi connectivity index (χ1v) is 10.0. The van der Waals surface area contributed by atoms with Crippen molar-refractivity contribution in [2.75, 3.05) is 25.0 Å².